The number of ketones is 1. The van der Waals surface area contributed by atoms with E-state index in [9.17, 15) is 9.59 Å². The summed E-state index contributed by atoms with van der Waals surface area (Å²) in [6.45, 7) is 2.21. The highest BCUT2D eigenvalue weighted by atomic mass is 16.5. The van der Waals surface area contributed by atoms with Crippen molar-refractivity contribution in [2.24, 2.45) is 0 Å². The first-order chi connectivity index (χ1) is 17.1. The molecule has 9 nitrogen and oxygen atoms in total. The van der Waals surface area contributed by atoms with Crippen molar-refractivity contribution in [3.8, 4) is 23.5 Å². The maximum absolute atomic E-state index is 13.5. The van der Waals surface area contributed by atoms with Crippen LogP contribution in [0, 0.1) is 11.8 Å². The van der Waals surface area contributed by atoms with Crippen molar-refractivity contribution in [1.29, 1.82) is 0 Å². The number of imidazole rings is 1. The second-order valence-electron chi connectivity index (χ2n) is 8.00. The number of fused-ring (bicyclic) bond motifs is 1. The number of hydrogen-bond acceptors (Lipinski definition) is 7. The molecule has 1 aliphatic rings. The molecule has 0 aliphatic carbocycles. The zero-order valence-corrected chi connectivity index (χ0v) is 19.0. The summed E-state index contributed by atoms with van der Waals surface area (Å²) in [4.78, 5) is 40.8. The summed E-state index contributed by atoms with van der Waals surface area (Å²) in [5.74, 6) is 6.46. The summed E-state index contributed by atoms with van der Waals surface area (Å²) in [7, 11) is 0. The second-order valence-corrected chi connectivity index (χ2v) is 8.00. The van der Waals surface area contributed by atoms with Gasteiger partial charge in [-0.3, -0.25) is 14.0 Å². The van der Waals surface area contributed by atoms with E-state index in [0.29, 0.717) is 41.5 Å². The third-order valence-corrected chi connectivity index (χ3v) is 5.85. The zero-order chi connectivity index (χ0) is 24.4. The Morgan fingerprint density at radius 1 is 1.11 bits per heavy atom. The number of aromatic nitrogens is 4. The maximum Gasteiger partial charge on any atom is 0.299 e. The second kappa shape index (κ2) is 9.27. The van der Waals surface area contributed by atoms with Crippen molar-refractivity contribution in [2.45, 2.75) is 25.8 Å². The first-order valence-electron chi connectivity index (χ1n) is 11.2. The van der Waals surface area contributed by atoms with Crippen molar-refractivity contribution >= 4 is 23.0 Å². The van der Waals surface area contributed by atoms with Gasteiger partial charge >= 0.3 is 0 Å². The van der Waals surface area contributed by atoms with E-state index in [1.54, 1.807) is 71.2 Å². The van der Waals surface area contributed by atoms with Crippen molar-refractivity contribution in [3.63, 3.8) is 0 Å². The molecule has 5 rings (SSSR count). The third-order valence-electron chi connectivity index (χ3n) is 5.85. The molecule has 174 valence electrons. The fourth-order valence-corrected chi connectivity index (χ4v) is 4.28. The highest BCUT2D eigenvalue weighted by molar-refractivity contribution is 6.13. The van der Waals surface area contributed by atoms with Crippen LogP contribution in [0.1, 0.15) is 47.7 Å². The SMILES string of the molecule is CC#CC(=O)N1CCC[C@H]1c1nc(C(=O)c2ccc(Oc3ccccn3)cc2)c2c(N)nccn12. The molecule has 35 heavy (non-hydrogen) atoms. The van der Waals surface area contributed by atoms with Gasteiger partial charge in [0, 0.05) is 36.8 Å². The minimum atomic E-state index is -0.312. The third kappa shape index (κ3) is 4.17. The molecule has 2 N–H and O–H groups in total. The zero-order valence-electron chi connectivity index (χ0n) is 19.0. The molecule has 0 unspecified atom stereocenters. The number of nitrogens with zero attached hydrogens (tertiary/aromatic N) is 5. The van der Waals surface area contributed by atoms with Crippen LogP contribution in [0.15, 0.2) is 61.1 Å². The lowest BCUT2D eigenvalue weighted by molar-refractivity contribution is -0.126. The number of amides is 1. The highest BCUT2D eigenvalue weighted by Crippen LogP contribution is 2.34. The molecule has 3 aromatic heterocycles. The Hall–Kier alpha value is -4.71. The van der Waals surface area contributed by atoms with Crippen molar-refractivity contribution in [3.05, 3.63) is 78.1 Å². The number of nitrogens with two attached hydrogens (primary N) is 1. The molecule has 9 heteroatoms. The van der Waals surface area contributed by atoms with E-state index in [-0.39, 0.29) is 29.2 Å². The van der Waals surface area contributed by atoms with Crippen LogP contribution in [-0.2, 0) is 4.79 Å². The molecule has 1 fully saturated rings. The highest BCUT2D eigenvalue weighted by Gasteiger charge is 2.34. The van der Waals surface area contributed by atoms with Gasteiger partial charge < -0.3 is 15.4 Å². The number of carbonyl (C=O) groups is 2. The molecule has 1 amide bonds. The monoisotopic (exact) mass is 466 g/mol. The Morgan fingerprint density at radius 2 is 1.94 bits per heavy atom. The van der Waals surface area contributed by atoms with Crippen molar-refractivity contribution in [1.82, 2.24) is 24.3 Å². The Balaban J connectivity index is 1.50. The molecule has 1 aromatic carbocycles. The van der Waals surface area contributed by atoms with Crippen molar-refractivity contribution < 1.29 is 14.3 Å². The largest absolute Gasteiger partial charge is 0.439 e. The summed E-state index contributed by atoms with van der Waals surface area (Å²) in [6, 6.07) is 11.8. The van der Waals surface area contributed by atoms with Gasteiger partial charge in [0.1, 0.15) is 28.6 Å². The Bertz CT molecular complexity index is 1470. The summed E-state index contributed by atoms with van der Waals surface area (Å²) >= 11 is 0. The minimum Gasteiger partial charge on any atom is -0.439 e. The summed E-state index contributed by atoms with van der Waals surface area (Å²) < 4.78 is 7.47. The molecule has 1 saturated heterocycles. The summed E-state index contributed by atoms with van der Waals surface area (Å²) in [5.41, 5.74) is 7.21. The van der Waals surface area contributed by atoms with Crippen LogP contribution in [0.3, 0.4) is 0 Å². The van der Waals surface area contributed by atoms with Gasteiger partial charge in [0.15, 0.2) is 0 Å². The first kappa shape index (κ1) is 22.1. The van der Waals surface area contributed by atoms with Crippen LogP contribution < -0.4 is 10.5 Å². The molecule has 4 heterocycles. The average molecular weight is 467 g/mol. The lowest BCUT2D eigenvalue weighted by Gasteiger charge is -2.21. The van der Waals surface area contributed by atoms with E-state index in [2.05, 4.69) is 21.8 Å². The molecule has 0 bridgehead atoms. The standard InChI is InChI=1S/C26H22N6O3/c1-2-6-21(33)31-15-5-7-19(31)26-30-22(23-25(27)29-14-16-32(23)26)24(34)17-9-11-18(12-10-17)35-20-8-3-4-13-28-20/h3-4,8-14,16,19H,5,7,15H2,1H3,(H2,27,29)/t19-/m0/s1. The molecule has 0 saturated carbocycles. The van der Waals surface area contributed by atoms with Gasteiger partial charge in [-0.2, -0.15) is 0 Å². The normalized spacial score (nSPS) is 15.0. The Morgan fingerprint density at radius 3 is 2.69 bits per heavy atom. The van der Waals surface area contributed by atoms with Gasteiger partial charge in [-0.1, -0.05) is 12.0 Å². The molecular weight excluding hydrogens is 444 g/mol. The predicted octanol–water partition coefficient (Wildman–Crippen LogP) is 3.42. The van der Waals surface area contributed by atoms with E-state index in [0.717, 1.165) is 6.42 Å². The first-order valence-corrected chi connectivity index (χ1v) is 11.2. The van der Waals surface area contributed by atoms with Crippen molar-refractivity contribution in [2.75, 3.05) is 12.3 Å². The number of rotatable bonds is 5. The molecule has 4 aromatic rings. The van der Waals surface area contributed by atoms with Gasteiger partial charge in [0.05, 0.1) is 6.04 Å². The van der Waals surface area contributed by atoms with Crippen LogP contribution in [-0.4, -0.2) is 42.5 Å². The van der Waals surface area contributed by atoms with Gasteiger partial charge in [-0.15, -0.1) is 0 Å². The number of nitrogen functional groups attached to an aromatic ring is 1. The number of ether oxygens (including phenoxy) is 1. The van der Waals surface area contributed by atoms with Gasteiger partial charge in [0.2, 0.25) is 11.7 Å². The van der Waals surface area contributed by atoms with Gasteiger partial charge in [-0.25, -0.2) is 15.0 Å². The topological polar surface area (TPSA) is 116 Å². The fraction of sp³-hybridized carbons (Fsp3) is 0.192. The summed E-state index contributed by atoms with van der Waals surface area (Å²) in [6.07, 6.45) is 6.44. The quantitative estimate of drug-likeness (QED) is 0.354. The van der Waals surface area contributed by atoms with Crippen LogP contribution in [0.25, 0.3) is 5.52 Å². The Labute approximate surface area is 201 Å². The predicted molar refractivity (Wildman–Crippen MR) is 129 cm³/mol. The smallest absolute Gasteiger partial charge is 0.299 e. The number of likely N-dealkylation sites (tertiary alicyclic amines) is 1. The molecule has 0 radical (unpaired) electrons. The Kier molecular flexibility index (Phi) is 5.85. The van der Waals surface area contributed by atoms with E-state index in [1.165, 1.54) is 0 Å². The fourth-order valence-electron chi connectivity index (χ4n) is 4.28. The number of pyridine rings is 1. The van der Waals surface area contributed by atoms with Gasteiger partial charge in [-0.05, 0) is 56.0 Å². The number of anilines is 1. The molecule has 1 atom stereocenters. The maximum atomic E-state index is 13.5. The lowest BCUT2D eigenvalue weighted by Crippen LogP contribution is -2.30. The van der Waals surface area contributed by atoms with Crippen LogP contribution in [0.2, 0.25) is 0 Å². The van der Waals surface area contributed by atoms with Crippen LogP contribution >= 0.6 is 0 Å². The minimum absolute atomic E-state index is 0.185. The average Bonchev–Trinajstić information content (AvgIpc) is 3.51. The van der Waals surface area contributed by atoms with E-state index in [4.69, 9.17) is 15.5 Å². The molecular formula is C26H22N6O3. The van der Waals surface area contributed by atoms with Crippen LogP contribution in [0.5, 0.6) is 11.6 Å². The van der Waals surface area contributed by atoms with Gasteiger partial charge in [0.25, 0.3) is 5.91 Å². The van der Waals surface area contributed by atoms with E-state index < -0.39 is 0 Å². The van der Waals surface area contributed by atoms with Crippen LogP contribution in [0.4, 0.5) is 5.82 Å². The van der Waals surface area contributed by atoms with E-state index >= 15 is 0 Å². The number of benzene rings is 1. The molecule has 0 spiro atoms. The number of hydrogen-bond donors (Lipinski definition) is 1. The number of carbonyl (C=O) groups excluding carboxylic acids is 2. The summed E-state index contributed by atoms with van der Waals surface area (Å²) in [5, 5.41) is 0. The molecule has 1 aliphatic heterocycles. The lowest BCUT2D eigenvalue weighted by atomic mass is 10.1. The van der Waals surface area contributed by atoms with E-state index in [1.807, 2.05) is 6.07 Å².